The molecule has 0 aromatic carbocycles. The highest BCUT2D eigenvalue weighted by Crippen LogP contribution is 2.21. The van der Waals surface area contributed by atoms with E-state index in [-0.39, 0.29) is 25.3 Å². The lowest BCUT2D eigenvalue weighted by Crippen LogP contribution is -2.40. The zero-order valence-corrected chi connectivity index (χ0v) is 10.3. The molecule has 104 valence electrons. The van der Waals surface area contributed by atoms with Crippen LogP contribution in [0.2, 0.25) is 0 Å². The maximum absolute atomic E-state index is 12.1. The average molecular weight is 270 g/mol. The van der Waals surface area contributed by atoms with Crippen molar-refractivity contribution in [1.82, 2.24) is 10.1 Å². The SMILES string of the molecule is COCc1cc(C(=O)N2CC(O)CC2C(=O)O)no1. The van der Waals surface area contributed by atoms with E-state index in [1.807, 2.05) is 0 Å². The predicted octanol–water partition coefficient (Wildman–Crippen LogP) is -0.519. The molecular formula is C11H14N2O6. The molecule has 1 aliphatic rings. The van der Waals surface area contributed by atoms with Crippen molar-refractivity contribution < 1.29 is 29.1 Å². The third-order valence-corrected chi connectivity index (χ3v) is 2.89. The van der Waals surface area contributed by atoms with E-state index < -0.39 is 24.0 Å². The van der Waals surface area contributed by atoms with Crippen LogP contribution >= 0.6 is 0 Å². The predicted molar refractivity (Wildman–Crippen MR) is 60.3 cm³/mol. The fraction of sp³-hybridized carbons (Fsp3) is 0.545. The van der Waals surface area contributed by atoms with Crippen LogP contribution in [-0.4, -0.2) is 57.9 Å². The van der Waals surface area contributed by atoms with Crippen LogP contribution in [0.15, 0.2) is 10.6 Å². The van der Waals surface area contributed by atoms with Crippen LogP contribution in [0.25, 0.3) is 0 Å². The van der Waals surface area contributed by atoms with Gasteiger partial charge in [0.05, 0.1) is 6.10 Å². The first-order valence-electron chi connectivity index (χ1n) is 5.69. The number of aliphatic carboxylic acids is 1. The molecule has 1 saturated heterocycles. The first kappa shape index (κ1) is 13.5. The van der Waals surface area contributed by atoms with Crippen molar-refractivity contribution in [2.45, 2.75) is 25.2 Å². The van der Waals surface area contributed by atoms with Crippen LogP contribution < -0.4 is 0 Å². The minimum absolute atomic E-state index is 0.00685. The lowest BCUT2D eigenvalue weighted by molar-refractivity contribution is -0.141. The first-order chi connectivity index (χ1) is 9.02. The molecule has 2 rings (SSSR count). The Bertz CT molecular complexity index is 485. The monoisotopic (exact) mass is 270 g/mol. The summed E-state index contributed by atoms with van der Waals surface area (Å²) < 4.78 is 9.71. The van der Waals surface area contributed by atoms with Crippen molar-refractivity contribution in [3.05, 3.63) is 17.5 Å². The van der Waals surface area contributed by atoms with Gasteiger partial charge < -0.3 is 24.4 Å². The van der Waals surface area contributed by atoms with Crippen molar-refractivity contribution in [2.75, 3.05) is 13.7 Å². The van der Waals surface area contributed by atoms with Gasteiger partial charge >= 0.3 is 5.97 Å². The Labute approximate surface area is 108 Å². The van der Waals surface area contributed by atoms with E-state index in [1.165, 1.54) is 13.2 Å². The van der Waals surface area contributed by atoms with E-state index in [9.17, 15) is 14.7 Å². The number of aliphatic hydroxyl groups excluding tert-OH is 1. The van der Waals surface area contributed by atoms with Crippen LogP contribution in [-0.2, 0) is 16.1 Å². The Morgan fingerprint density at radius 1 is 1.63 bits per heavy atom. The Kier molecular flexibility index (Phi) is 3.82. The molecule has 2 N–H and O–H groups in total. The zero-order valence-electron chi connectivity index (χ0n) is 10.3. The number of nitrogens with zero attached hydrogens (tertiary/aromatic N) is 2. The third kappa shape index (κ3) is 2.74. The minimum atomic E-state index is -1.15. The number of hydrogen-bond donors (Lipinski definition) is 2. The number of amides is 1. The summed E-state index contributed by atoms with van der Waals surface area (Å²) in [5.41, 5.74) is 0.00685. The highest BCUT2D eigenvalue weighted by Gasteiger charge is 2.40. The molecule has 0 bridgehead atoms. The number of carbonyl (C=O) groups excluding carboxylic acids is 1. The number of ether oxygens (including phenoxy) is 1. The van der Waals surface area contributed by atoms with Crippen molar-refractivity contribution in [3.8, 4) is 0 Å². The summed E-state index contributed by atoms with van der Waals surface area (Å²) in [5, 5.41) is 22.1. The standard InChI is InChI=1S/C11H14N2O6/c1-18-5-7-3-8(12-19-7)10(15)13-4-6(14)2-9(13)11(16)17/h3,6,9,14H,2,4-5H2,1H3,(H,16,17). The summed E-state index contributed by atoms with van der Waals surface area (Å²) in [6.45, 7) is 0.146. The second kappa shape index (κ2) is 5.37. The van der Waals surface area contributed by atoms with E-state index in [0.29, 0.717) is 5.76 Å². The van der Waals surface area contributed by atoms with Gasteiger partial charge in [-0.15, -0.1) is 0 Å². The zero-order chi connectivity index (χ0) is 14.0. The molecule has 1 aromatic heterocycles. The molecular weight excluding hydrogens is 256 g/mol. The van der Waals surface area contributed by atoms with Gasteiger partial charge in [-0.3, -0.25) is 4.79 Å². The minimum Gasteiger partial charge on any atom is -0.480 e. The second-order valence-electron chi connectivity index (χ2n) is 4.31. The molecule has 8 nitrogen and oxygen atoms in total. The molecule has 2 unspecified atom stereocenters. The van der Waals surface area contributed by atoms with Crippen molar-refractivity contribution in [2.24, 2.45) is 0 Å². The lowest BCUT2D eigenvalue weighted by Gasteiger charge is -2.19. The largest absolute Gasteiger partial charge is 0.480 e. The highest BCUT2D eigenvalue weighted by atomic mass is 16.5. The molecule has 1 aromatic rings. The molecule has 1 aliphatic heterocycles. The van der Waals surface area contributed by atoms with E-state index in [4.69, 9.17) is 14.4 Å². The van der Waals surface area contributed by atoms with Gasteiger partial charge in [0.1, 0.15) is 12.6 Å². The Hall–Kier alpha value is -1.93. The number of β-amino-alcohol motifs (C(OH)–C–C–N with tert-alkyl or cyclic N) is 1. The van der Waals surface area contributed by atoms with Crippen LogP contribution in [0.4, 0.5) is 0 Å². The molecule has 2 heterocycles. The maximum atomic E-state index is 12.1. The van der Waals surface area contributed by atoms with Crippen LogP contribution in [0, 0.1) is 0 Å². The summed E-state index contributed by atoms with van der Waals surface area (Å²) >= 11 is 0. The van der Waals surface area contributed by atoms with Gasteiger partial charge in [0.25, 0.3) is 5.91 Å². The number of carbonyl (C=O) groups is 2. The molecule has 19 heavy (non-hydrogen) atoms. The van der Waals surface area contributed by atoms with E-state index in [1.54, 1.807) is 0 Å². The first-order valence-corrected chi connectivity index (χ1v) is 5.69. The topological polar surface area (TPSA) is 113 Å². The molecule has 0 spiro atoms. The fourth-order valence-electron chi connectivity index (χ4n) is 2.04. The summed E-state index contributed by atoms with van der Waals surface area (Å²) in [4.78, 5) is 24.2. The Balaban J connectivity index is 2.15. The van der Waals surface area contributed by atoms with Crippen molar-refractivity contribution in [3.63, 3.8) is 0 Å². The van der Waals surface area contributed by atoms with Crippen molar-refractivity contribution in [1.29, 1.82) is 0 Å². The van der Waals surface area contributed by atoms with E-state index in [0.717, 1.165) is 4.90 Å². The Morgan fingerprint density at radius 3 is 3.00 bits per heavy atom. The van der Waals surface area contributed by atoms with Gasteiger partial charge in [-0.2, -0.15) is 0 Å². The second-order valence-corrected chi connectivity index (χ2v) is 4.31. The van der Waals surface area contributed by atoms with Gasteiger partial charge in [0.2, 0.25) is 0 Å². The molecule has 0 saturated carbocycles. The van der Waals surface area contributed by atoms with Crippen LogP contribution in [0.3, 0.4) is 0 Å². The third-order valence-electron chi connectivity index (χ3n) is 2.89. The number of carboxylic acid groups (broad SMARTS) is 1. The summed E-state index contributed by atoms with van der Waals surface area (Å²) in [5.74, 6) is -1.35. The quantitative estimate of drug-likeness (QED) is 0.756. The van der Waals surface area contributed by atoms with Crippen LogP contribution in [0.1, 0.15) is 22.7 Å². The number of rotatable bonds is 4. The number of methoxy groups -OCH3 is 1. The molecule has 8 heteroatoms. The van der Waals surface area contributed by atoms with Gasteiger partial charge in [0, 0.05) is 26.1 Å². The molecule has 0 radical (unpaired) electrons. The van der Waals surface area contributed by atoms with Gasteiger partial charge in [-0.25, -0.2) is 4.79 Å². The average Bonchev–Trinajstić information content (AvgIpc) is 2.95. The van der Waals surface area contributed by atoms with Crippen LogP contribution in [0.5, 0.6) is 0 Å². The normalized spacial score (nSPS) is 22.7. The number of aliphatic hydroxyl groups is 1. The van der Waals surface area contributed by atoms with Crippen molar-refractivity contribution >= 4 is 11.9 Å². The summed E-state index contributed by atoms with van der Waals surface area (Å²) in [6.07, 6.45) is -0.820. The Morgan fingerprint density at radius 2 is 2.37 bits per heavy atom. The number of aromatic nitrogens is 1. The maximum Gasteiger partial charge on any atom is 0.326 e. The van der Waals surface area contributed by atoms with E-state index >= 15 is 0 Å². The molecule has 2 atom stereocenters. The van der Waals surface area contributed by atoms with Gasteiger partial charge in [0.15, 0.2) is 11.5 Å². The highest BCUT2D eigenvalue weighted by molar-refractivity contribution is 5.95. The van der Waals surface area contributed by atoms with E-state index in [2.05, 4.69) is 5.16 Å². The van der Waals surface area contributed by atoms with Gasteiger partial charge in [-0.1, -0.05) is 5.16 Å². The smallest absolute Gasteiger partial charge is 0.326 e. The molecule has 1 amide bonds. The number of hydrogen-bond acceptors (Lipinski definition) is 6. The summed E-state index contributed by atoms with van der Waals surface area (Å²) in [7, 11) is 1.47. The lowest BCUT2D eigenvalue weighted by atomic mass is 10.2. The fourth-order valence-corrected chi connectivity index (χ4v) is 2.04. The number of carboxylic acids is 1. The molecule has 1 fully saturated rings. The number of likely N-dealkylation sites (tertiary alicyclic amines) is 1. The molecule has 0 aliphatic carbocycles. The van der Waals surface area contributed by atoms with Gasteiger partial charge in [-0.05, 0) is 0 Å². The summed E-state index contributed by atoms with van der Waals surface area (Å²) in [6, 6.07) is 0.361.